The summed E-state index contributed by atoms with van der Waals surface area (Å²) in [5.74, 6) is 0.636. The van der Waals surface area contributed by atoms with Crippen molar-refractivity contribution in [3.8, 4) is 0 Å². The van der Waals surface area contributed by atoms with Crippen LogP contribution in [-0.2, 0) is 4.79 Å². The van der Waals surface area contributed by atoms with Crippen molar-refractivity contribution in [2.45, 2.75) is 32.1 Å². The van der Waals surface area contributed by atoms with Gasteiger partial charge in [-0.25, -0.2) is 0 Å². The molecule has 2 amide bonds. The number of carbonyl (C=O) groups is 2. The molecule has 6 nitrogen and oxygen atoms in total. The van der Waals surface area contributed by atoms with Crippen molar-refractivity contribution in [2.24, 2.45) is 11.3 Å². The fourth-order valence-corrected chi connectivity index (χ4v) is 4.73. The van der Waals surface area contributed by atoms with Crippen LogP contribution < -0.4 is 5.43 Å². The van der Waals surface area contributed by atoms with Crippen LogP contribution in [0.4, 0.5) is 0 Å². The first-order valence-electron chi connectivity index (χ1n) is 10.2. The lowest BCUT2D eigenvalue weighted by molar-refractivity contribution is -0.145. The lowest BCUT2D eigenvalue weighted by Crippen LogP contribution is -2.51. The second-order valence-corrected chi connectivity index (χ2v) is 8.53. The maximum absolute atomic E-state index is 13.2. The van der Waals surface area contributed by atoms with Gasteiger partial charge in [0, 0.05) is 32.2 Å². The summed E-state index contributed by atoms with van der Waals surface area (Å²) >= 11 is 0. The molecule has 1 unspecified atom stereocenters. The Labute approximate surface area is 163 Å². The minimum Gasteiger partial charge on any atom is -0.451 e. The summed E-state index contributed by atoms with van der Waals surface area (Å²) in [5.41, 5.74) is -0.264. The molecular formula is C22H24N2O4. The van der Waals surface area contributed by atoms with Crippen molar-refractivity contribution in [1.82, 2.24) is 9.80 Å². The van der Waals surface area contributed by atoms with Crippen molar-refractivity contribution in [1.29, 1.82) is 0 Å². The van der Waals surface area contributed by atoms with Crippen LogP contribution in [0.5, 0.6) is 0 Å². The molecule has 2 aromatic rings. The number of para-hydroxylation sites is 1. The predicted molar refractivity (Wildman–Crippen MR) is 104 cm³/mol. The number of nitrogens with zero attached hydrogens (tertiary/aromatic N) is 2. The molecule has 3 aliphatic rings. The number of likely N-dealkylation sites (tertiary alicyclic amines) is 2. The second kappa shape index (κ2) is 6.47. The van der Waals surface area contributed by atoms with Crippen molar-refractivity contribution in [3.63, 3.8) is 0 Å². The second-order valence-electron chi connectivity index (χ2n) is 8.53. The number of rotatable bonds is 3. The van der Waals surface area contributed by atoms with Gasteiger partial charge in [0.1, 0.15) is 5.58 Å². The molecule has 2 aliphatic heterocycles. The fourth-order valence-electron chi connectivity index (χ4n) is 4.73. The Morgan fingerprint density at radius 1 is 1.14 bits per heavy atom. The number of piperidine rings is 1. The third kappa shape index (κ3) is 2.91. The number of amides is 2. The molecule has 6 heteroatoms. The van der Waals surface area contributed by atoms with E-state index in [1.807, 2.05) is 4.90 Å². The Morgan fingerprint density at radius 2 is 1.96 bits per heavy atom. The minimum absolute atomic E-state index is 0.0545. The summed E-state index contributed by atoms with van der Waals surface area (Å²) in [6.45, 7) is 2.65. The van der Waals surface area contributed by atoms with E-state index in [1.165, 1.54) is 18.9 Å². The third-order valence-electron chi connectivity index (χ3n) is 6.49. The summed E-state index contributed by atoms with van der Waals surface area (Å²) in [5, 5.41) is 0.468. The van der Waals surface area contributed by atoms with E-state index < -0.39 is 5.41 Å². The van der Waals surface area contributed by atoms with Crippen molar-refractivity contribution in [3.05, 3.63) is 46.3 Å². The SMILES string of the molecule is O=C(c1cc(=O)c2ccccc2o1)N1CCC2(CCCN(CC3CC3)C2=O)C1. The van der Waals surface area contributed by atoms with Gasteiger partial charge in [0.15, 0.2) is 11.2 Å². The number of benzene rings is 1. The van der Waals surface area contributed by atoms with Crippen LogP contribution >= 0.6 is 0 Å². The van der Waals surface area contributed by atoms with Crippen molar-refractivity contribution in [2.75, 3.05) is 26.2 Å². The van der Waals surface area contributed by atoms with Gasteiger partial charge in [-0.15, -0.1) is 0 Å². The Balaban J connectivity index is 1.37. The van der Waals surface area contributed by atoms with E-state index in [2.05, 4.69) is 0 Å². The molecule has 3 heterocycles. The standard InChI is InChI=1S/C22H24N2O4/c25-17-12-19(28-18-5-2-1-4-16(17)18)20(26)24-11-9-22(14-24)8-3-10-23(21(22)27)13-15-6-7-15/h1-2,4-5,12,15H,3,6-11,13-14H2. The van der Waals surface area contributed by atoms with Gasteiger partial charge < -0.3 is 14.2 Å². The molecule has 146 valence electrons. The highest BCUT2D eigenvalue weighted by molar-refractivity contribution is 5.94. The molecule has 1 saturated carbocycles. The Hall–Kier alpha value is -2.63. The molecule has 0 radical (unpaired) electrons. The van der Waals surface area contributed by atoms with Gasteiger partial charge in [-0.3, -0.25) is 14.4 Å². The van der Waals surface area contributed by atoms with E-state index in [1.54, 1.807) is 29.2 Å². The molecule has 3 fully saturated rings. The lowest BCUT2D eigenvalue weighted by atomic mass is 9.78. The number of fused-ring (bicyclic) bond motifs is 1. The van der Waals surface area contributed by atoms with Crippen molar-refractivity contribution >= 4 is 22.8 Å². The maximum Gasteiger partial charge on any atom is 0.289 e. The quantitative estimate of drug-likeness (QED) is 0.821. The Morgan fingerprint density at radius 3 is 2.79 bits per heavy atom. The lowest BCUT2D eigenvalue weighted by Gasteiger charge is -2.39. The van der Waals surface area contributed by atoms with Crippen LogP contribution in [-0.4, -0.2) is 47.8 Å². The fraction of sp³-hybridized carbons (Fsp3) is 0.500. The highest BCUT2D eigenvalue weighted by Gasteiger charge is 2.50. The first-order valence-corrected chi connectivity index (χ1v) is 10.2. The largest absolute Gasteiger partial charge is 0.451 e. The summed E-state index contributed by atoms with van der Waals surface area (Å²) in [4.78, 5) is 42.2. The Bertz CT molecular complexity index is 1010. The molecule has 0 bridgehead atoms. The van der Waals surface area contributed by atoms with Crippen molar-refractivity contribution < 1.29 is 14.0 Å². The van der Waals surface area contributed by atoms with Gasteiger partial charge in [-0.05, 0) is 50.2 Å². The van der Waals surface area contributed by atoms with E-state index in [-0.39, 0.29) is 23.0 Å². The summed E-state index contributed by atoms with van der Waals surface area (Å²) in [7, 11) is 0. The van der Waals surface area contributed by atoms with Gasteiger partial charge in [0.25, 0.3) is 5.91 Å². The molecule has 1 aromatic heterocycles. The average molecular weight is 380 g/mol. The topological polar surface area (TPSA) is 70.8 Å². The average Bonchev–Trinajstić information content (AvgIpc) is 3.42. The van der Waals surface area contributed by atoms with Gasteiger partial charge in [0.2, 0.25) is 5.91 Å². The number of hydrogen-bond donors (Lipinski definition) is 0. The number of hydrogen-bond acceptors (Lipinski definition) is 4. The number of carbonyl (C=O) groups excluding carboxylic acids is 2. The zero-order valence-electron chi connectivity index (χ0n) is 15.9. The predicted octanol–water partition coefficient (Wildman–Crippen LogP) is 2.66. The Kier molecular flexibility index (Phi) is 4.03. The van der Waals surface area contributed by atoms with Gasteiger partial charge in [0.05, 0.1) is 10.8 Å². The first kappa shape index (κ1) is 17.5. The van der Waals surface area contributed by atoms with Crippen LogP contribution in [0, 0.1) is 11.3 Å². The molecule has 0 N–H and O–H groups in total. The highest BCUT2D eigenvalue weighted by Crippen LogP contribution is 2.42. The molecule has 1 atom stereocenters. The summed E-state index contributed by atoms with van der Waals surface area (Å²) < 4.78 is 5.71. The van der Waals surface area contributed by atoms with E-state index in [0.717, 1.165) is 25.9 Å². The normalized spacial score (nSPS) is 25.1. The van der Waals surface area contributed by atoms with Crippen LogP contribution in [0.3, 0.4) is 0 Å². The van der Waals surface area contributed by atoms with Gasteiger partial charge in [-0.2, -0.15) is 0 Å². The molecule has 1 aromatic carbocycles. The molecule has 5 rings (SSSR count). The van der Waals surface area contributed by atoms with Crippen LogP contribution in [0.15, 0.2) is 39.5 Å². The van der Waals surface area contributed by atoms with E-state index in [0.29, 0.717) is 36.4 Å². The van der Waals surface area contributed by atoms with Gasteiger partial charge in [-0.1, -0.05) is 12.1 Å². The molecular weight excluding hydrogens is 356 g/mol. The van der Waals surface area contributed by atoms with E-state index >= 15 is 0 Å². The zero-order valence-corrected chi connectivity index (χ0v) is 15.9. The molecule has 1 aliphatic carbocycles. The monoisotopic (exact) mass is 380 g/mol. The summed E-state index contributed by atoms with van der Waals surface area (Å²) in [6.07, 6.45) is 4.96. The maximum atomic E-state index is 13.2. The van der Waals surface area contributed by atoms with Gasteiger partial charge >= 0.3 is 0 Å². The van der Waals surface area contributed by atoms with Crippen LogP contribution in [0.25, 0.3) is 11.0 Å². The smallest absolute Gasteiger partial charge is 0.289 e. The van der Waals surface area contributed by atoms with Crippen LogP contribution in [0.1, 0.15) is 42.7 Å². The minimum atomic E-state index is -0.458. The highest BCUT2D eigenvalue weighted by atomic mass is 16.3. The molecule has 28 heavy (non-hydrogen) atoms. The van der Waals surface area contributed by atoms with E-state index in [9.17, 15) is 14.4 Å². The zero-order chi connectivity index (χ0) is 19.3. The molecule has 1 spiro atoms. The summed E-state index contributed by atoms with van der Waals surface area (Å²) in [6, 6.07) is 8.21. The molecule has 2 saturated heterocycles. The third-order valence-corrected chi connectivity index (χ3v) is 6.49. The van der Waals surface area contributed by atoms with Crippen LogP contribution in [0.2, 0.25) is 0 Å². The van der Waals surface area contributed by atoms with E-state index in [4.69, 9.17) is 4.42 Å². The first-order chi connectivity index (χ1) is 13.6.